The number of rotatable bonds is 3. The number of aliphatic carboxylic acids is 1. The van der Waals surface area contributed by atoms with Crippen molar-refractivity contribution in [2.75, 3.05) is 0 Å². The van der Waals surface area contributed by atoms with Crippen molar-refractivity contribution in [3.8, 4) is 0 Å². The van der Waals surface area contributed by atoms with Crippen LogP contribution in [0.2, 0.25) is 0 Å². The van der Waals surface area contributed by atoms with Crippen LogP contribution in [0.3, 0.4) is 0 Å². The maximum atomic E-state index is 10.3. The molecule has 1 atom stereocenters. The van der Waals surface area contributed by atoms with E-state index in [0.717, 1.165) is 0 Å². The average Bonchev–Trinajstić information content (AvgIpc) is 2.33. The van der Waals surface area contributed by atoms with Crippen LogP contribution in [0.4, 0.5) is 0 Å². The molecule has 0 saturated heterocycles. The van der Waals surface area contributed by atoms with Gasteiger partial charge in [0.25, 0.3) is 0 Å². The molecular formula is C8H11NO3. The normalized spacial score (nSPS) is 12.8. The van der Waals surface area contributed by atoms with E-state index in [1.165, 1.54) is 4.57 Å². The molecule has 4 heteroatoms. The third-order valence-electron chi connectivity index (χ3n) is 1.60. The van der Waals surface area contributed by atoms with E-state index in [2.05, 4.69) is 0 Å². The summed E-state index contributed by atoms with van der Waals surface area (Å²) in [7, 11) is 0. The van der Waals surface area contributed by atoms with Gasteiger partial charge in [0.2, 0.25) is 0 Å². The van der Waals surface area contributed by atoms with E-state index in [9.17, 15) is 9.90 Å². The van der Waals surface area contributed by atoms with Crippen molar-refractivity contribution in [3.05, 3.63) is 24.0 Å². The zero-order chi connectivity index (χ0) is 9.14. The fourth-order valence-electron chi connectivity index (χ4n) is 1.10. The SMILES string of the molecule is CC(O)c1cccn1CC(=O)O. The molecule has 0 aliphatic carbocycles. The lowest BCUT2D eigenvalue weighted by Gasteiger charge is -2.07. The zero-order valence-electron chi connectivity index (χ0n) is 6.77. The minimum Gasteiger partial charge on any atom is -0.480 e. The highest BCUT2D eigenvalue weighted by molar-refractivity contribution is 5.66. The number of hydrogen-bond acceptors (Lipinski definition) is 2. The molecule has 1 aromatic heterocycles. The molecule has 0 radical (unpaired) electrons. The molecule has 1 unspecified atom stereocenters. The average molecular weight is 169 g/mol. The molecule has 12 heavy (non-hydrogen) atoms. The van der Waals surface area contributed by atoms with Crippen molar-refractivity contribution in [2.24, 2.45) is 0 Å². The van der Waals surface area contributed by atoms with Crippen LogP contribution in [0.1, 0.15) is 18.7 Å². The molecule has 1 heterocycles. The van der Waals surface area contributed by atoms with Crippen molar-refractivity contribution in [2.45, 2.75) is 19.6 Å². The molecular weight excluding hydrogens is 158 g/mol. The van der Waals surface area contributed by atoms with E-state index in [1.807, 2.05) is 0 Å². The minimum atomic E-state index is -0.909. The molecule has 0 aromatic carbocycles. The number of nitrogens with zero attached hydrogens (tertiary/aromatic N) is 1. The molecule has 0 aliphatic rings. The maximum Gasteiger partial charge on any atom is 0.323 e. The maximum absolute atomic E-state index is 10.3. The van der Waals surface area contributed by atoms with Crippen LogP contribution in [0.5, 0.6) is 0 Å². The number of carboxylic acid groups (broad SMARTS) is 1. The Labute approximate surface area is 70.1 Å². The Morgan fingerprint density at radius 1 is 1.75 bits per heavy atom. The second-order valence-corrected chi connectivity index (χ2v) is 2.63. The van der Waals surface area contributed by atoms with Gasteiger partial charge in [-0.25, -0.2) is 0 Å². The summed E-state index contributed by atoms with van der Waals surface area (Å²) in [6.45, 7) is 1.50. The highest BCUT2D eigenvalue weighted by Crippen LogP contribution is 2.12. The molecule has 0 aliphatic heterocycles. The number of aliphatic hydroxyl groups is 1. The first-order chi connectivity index (χ1) is 5.61. The van der Waals surface area contributed by atoms with Gasteiger partial charge in [0, 0.05) is 11.9 Å². The summed E-state index contributed by atoms with van der Waals surface area (Å²) >= 11 is 0. The largest absolute Gasteiger partial charge is 0.480 e. The van der Waals surface area contributed by atoms with E-state index in [1.54, 1.807) is 25.3 Å². The van der Waals surface area contributed by atoms with Crippen molar-refractivity contribution in [1.82, 2.24) is 4.57 Å². The Balaban J connectivity index is 2.84. The number of carboxylic acids is 1. The van der Waals surface area contributed by atoms with Crippen molar-refractivity contribution >= 4 is 5.97 Å². The molecule has 0 amide bonds. The summed E-state index contributed by atoms with van der Waals surface area (Å²) < 4.78 is 1.51. The number of carbonyl (C=O) groups is 1. The Morgan fingerprint density at radius 2 is 2.42 bits per heavy atom. The fourth-order valence-corrected chi connectivity index (χ4v) is 1.10. The predicted molar refractivity (Wildman–Crippen MR) is 42.7 cm³/mol. The van der Waals surface area contributed by atoms with Crippen LogP contribution < -0.4 is 0 Å². The lowest BCUT2D eigenvalue weighted by molar-refractivity contribution is -0.137. The fraction of sp³-hybridized carbons (Fsp3) is 0.375. The molecule has 4 nitrogen and oxygen atoms in total. The first kappa shape index (κ1) is 8.80. The number of hydrogen-bond donors (Lipinski definition) is 2. The van der Waals surface area contributed by atoms with Gasteiger partial charge >= 0.3 is 5.97 Å². The molecule has 0 saturated carbocycles. The molecule has 1 rings (SSSR count). The van der Waals surface area contributed by atoms with E-state index in [4.69, 9.17) is 5.11 Å². The molecule has 66 valence electrons. The Bertz CT molecular complexity index is 278. The first-order valence-electron chi connectivity index (χ1n) is 3.66. The van der Waals surface area contributed by atoms with Crippen LogP contribution in [0.15, 0.2) is 18.3 Å². The zero-order valence-corrected chi connectivity index (χ0v) is 6.77. The highest BCUT2D eigenvalue weighted by Gasteiger charge is 2.08. The molecule has 0 bridgehead atoms. The van der Waals surface area contributed by atoms with E-state index in [0.29, 0.717) is 5.69 Å². The van der Waals surface area contributed by atoms with Crippen LogP contribution in [0.25, 0.3) is 0 Å². The van der Waals surface area contributed by atoms with Crippen molar-refractivity contribution < 1.29 is 15.0 Å². The van der Waals surface area contributed by atoms with Crippen LogP contribution >= 0.6 is 0 Å². The summed E-state index contributed by atoms with van der Waals surface area (Å²) in [5.41, 5.74) is 0.623. The summed E-state index contributed by atoms with van der Waals surface area (Å²) in [6, 6.07) is 3.42. The van der Waals surface area contributed by atoms with Gasteiger partial charge < -0.3 is 14.8 Å². The molecule has 2 N–H and O–H groups in total. The van der Waals surface area contributed by atoms with Gasteiger partial charge in [-0.1, -0.05) is 0 Å². The van der Waals surface area contributed by atoms with Crippen LogP contribution in [-0.2, 0) is 11.3 Å². The van der Waals surface area contributed by atoms with Gasteiger partial charge in [-0.3, -0.25) is 4.79 Å². The molecule has 1 aromatic rings. The van der Waals surface area contributed by atoms with Gasteiger partial charge in [0.15, 0.2) is 0 Å². The number of aromatic nitrogens is 1. The van der Waals surface area contributed by atoms with Gasteiger partial charge in [0.05, 0.1) is 6.10 Å². The summed E-state index contributed by atoms with van der Waals surface area (Å²) in [6.07, 6.45) is 1.01. The highest BCUT2D eigenvalue weighted by atomic mass is 16.4. The van der Waals surface area contributed by atoms with Crippen molar-refractivity contribution in [3.63, 3.8) is 0 Å². The third kappa shape index (κ3) is 1.85. The summed E-state index contributed by atoms with van der Waals surface area (Å²) in [5.74, 6) is -0.909. The van der Waals surface area contributed by atoms with E-state index < -0.39 is 12.1 Å². The summed E-state index contributed by atoms with van der Waals surface area (Å²) in [5, 5.41) is 17.7. The van der Waals surface area contributed by atoms with Crippen LogP contribution in [0, 0.1) is 0 Å². The summed E-state index contributed by atoms with van der Waals surface area (Å²) in [4.78, 5) is 10.3. The monoisotopic (exact) mass is 169 g/mol. The first-order valence-corrected chi connectivity index (χ1v) is 3.66. The lowest BCUT2D eigenvalue weighted by atomic mass is 10.3. The van der Waals surface area contributed by atoms with Crippen LogP contribution in [-0.4, -0.2) is 20.7 Å². The topological polar surface area (TPSA) is 62.5 Å². The Morgan fingerprint density at radius 3 is 2.92 bits per heavy atom. The second-order valence-electron chi connectivity index (χ2n) is 2.63. The molecule has 0 spiro atoms. The number of aliphatic hydroxyl groups excluding tert-OH is 1. The van der Waals surface area contributed by atoms with E-state index >= 15 is 0 Å². The second kappa shape index (κ2) is 3.40. The van der Waals surface area contributed by atoms with E-state index in [-0.39, 0.29) is 6.54 Å². The lowest BCUT2D eigenvalue weighted by Crippen LogP contribution is -2.11. The van der Waals surface area contributed by atoms with Gasteiger partial charge in [-0.2, -0.15) is 0 Å². The Kier molecular flexibility index (Phi) is 2.50. The molecule has 0 fully saturated rings. The van der Waals surface area contributed by atoms with Gasteiger partial charge in [0.1, 0.15) is 6.54 Å². The van der Waals surface area contributed by atoms with Gasteiger partial charge in [-0.05, 0) is 19.1 Å². The third-order valence-corrected chi connectivity index (χ3v) is 1.60. The Hall–Kier alpha value is -1.29. The van der Waals surface area contributed by atoms with Crippen molar-refractivity contribution in [1.29, 1.82) is 0 Å². The smallest absolute Gasteiger partial charge is 0.323 e. The minimum absolute atomic E-state index is 0.104. The predicted octanol–water partition coefficient (Wildman–Crippen LogP) is 0.626. The quantitative estimate of drug-likeness (QED) is 0.697. The van der Waals surface area contributed by atoms with Gasteiger partial charge in [-0.15, -0.1) is 0 Å². The standard InChI is InChI=1S/C8H11NO3/c1-6(10)7-3-2-4-9(7)5-8(11)12/h2-4,6,10H,5H2,1H3,(H,11,12).